The third-order valence-corrected chi connectivity index (χ3v) is 2.15. The van der Waals surface area contributed by atoms with Crippen LogP contribution in [0.3, 0.4) is 0 Å². The molecule has 0 radical (unpaired) electrons. The molecule has 1 aromatic rings. The first kappa shape index (κ1) is 10.1. The van der Waals surface area contributed by atoms with Crippen LogP contribution in [0.5, 0.6) is 5.75 Å². The van der Waals surface area contributed by atoms with Crippen molar-refractivity contribution in [3.8, 4) is 5.75 Å². The fourth-order valence-corrected chi connectivity index (χ4v) is 1.43. The molecule has 0 aliphatic carbocycles. The summed E-state index contributed by atoms with van der Waals surface area (Å²) in [6, 6.07) is 5.14. The first-order chi connectivity index (χ1) is 6.20. The maximum Gasteiger partial charge on any atom is 0.125 e. The van der Waals surface area contributed by atoms with Crippen LogP contribution in [-0.2, 0) is 0 Å². The lowest BCUT2D eigenvalue weighted by atomic mass is 10.1. The second-order valence-corrected chi connectivity index (χ2v) is 3.02. The van der Waals surface area contributed by atoms with E-state index in [1.54, 1.807) is 19.3 Å². The van der Waals surface area contributed by atoms with Crippen molar-refractivity contribution in [2.24, 2.45) is 5.73 Å². The fourth-order valence-electron chi connectivity index (χ4n) is 1.14. The molecule has 0 saturated carbocycles. The molecule has 70 valence electrons. The van der Waals surface area contributed by atoms with Crippen molar-refractivity contribution >= 4 is 11.6 Å². The fraction of sp³-hybridized carbons (Fsp3) is 0.200. The molecule has 1 rings (SSSR count). The maximum absolute atomic E-state index is 5.97. The van der Waals surface area contributed by atoms with Crippen LogP contribution in [0.15, 0.2) is 30.9 Å². The summed E-state index contributed by atoms with van der Waals surface area (Å²) in [6.07, 6.45) is 1.63. The number of ether oxygens (including phenoxy) is 1. The van der Waals surface area contributed by atoms with Crippen molar-refractivity contribution in [3.05, 3.63) is 41.4 Å². The predicted octanol–water partition coefficient (Wildman–Crippen LogP) is 2.53. The number of hydrogen-bond acceptors (Lipinski definition) is 2. The Morgan fingerprint density at radius 2 is 2.31 bits per heavy atom. The van der Waals surface area contributed by atoms with Crippen molar-refractivity contribution < 1.29 is 4.74 Å². The van der Waals surface area contributed by atoms with E-state index in [1.807, 2.05) is 12.1 Å². The summed E-state index contributed by atoms with van der Waals surface area (Å²) < 4.78 is 5.14. The smallest absolute Gasteiger partial charge is 0.125 e. The molecule has 0 saturated heterocycles. The summed E-state index contributed by atoms with van der Waals surface area (Å²) in [7, 11) is 1.59. The Balaban J connectivity index is 3.22. The number of methoxy groups -OCH3 is 1. The average molecular weight is 198 g/mol. The van der Waals surface area contributed by atoms with E-state index >= 15 is 0 Å². The molecule has 0 fully saturated rings. The largest absolute Gasteiger partial charge is 0.496 e. The first-order valence-electron chi connectivity index (χ1n) is 3.91. The van der Waals surface area contributed by atoms with E-state index in [9.17, 15) is 0 Å². The van der Waals surface area contributed by atoms with Gasteiger partial charge in [-0.2, -0.15) is 0 Å². The monoisotopic (exact) mass is 197 g/mol. The van der Waals surface area contributed by atoms with Gasteiger partial charge in [-0.1, -0.05) is 23.7 Å². The Bertz CT molecular complexity index is 312. The van der Waals surface area contributed by atoms with Gasteiger partial charge < -0.3 is 10.5 Å². The van der Waals surface area contributed by atoms with Gasteiger partial charge >= 0.3 is 0 Å². The van der Waals surface area contributed by atoms with Gasteiger partial charge in [-0.25, -0.2) is 0 Å². The molecule has 0 spiro atoms. The van der Waals surface area contributed by atoms with Crippen molar-refractivity contribution in [2.75, 3.05) is 7.11 Å². The molecule has 2 N–H and O–H groups in total. The third-order valence-electron chi connectivity index (χ3n) is 1.82. The van der Waals surface area contributed by atoms with Gasteiger partial charge in [0.2, 0.25) is 0 Å². The third kappa shape index (κ3) is 2.02. The lowest BCUT2D eigenvalue weighted by Crippen LogP contribution is -2.08. The van der Waals surface area contributed by atoms with Crippen molar-refractivity contribution in [1.29, 1.82) is 0 Å². The van der Waals surface area contributed by atoms with E-state index in [-0.39, 0.29) is 6.04 Å². The number of halogens is 1. The highest BCUT2D eigenvalue weighted by Gasteiger charge is 2.12. The Morgan fingerprint density at radius 3 is 2.85 bits per heavy atom. The number of benzene rings is 1. The van der Waals surface area contributed by atoms with Crippen LogP contribution < -0.4 is 10.5 Å². The first-order valence-corrected chi connectivity index (χ1v) is 4.29. The molecule has 0 unspecified atom stereocenters. The molecule has 0 bridgehead atoms. The molecule has 3 heteroatoms. The Morgan fingerprint density at radius 1 is 1.62 bits per heavy atom. The molecule has 0 heterocycles. The van der Waals surface area contributed by atoms with Crippen molar-refractivity contribution in [3.63, 3.8) is 0 Å². The normalized spacial score (nSPS) is 12.2. The van der Waals surface area contributed by atoms with Crippen molar-refractivity contribution in [1.82, 2.24) is 0 Å². The molecule has 0 aliphatic rings. The van der Waals surface area contributed by atoms with Gasteiger partial charge in [0.25, 0.3) is 0 Å². The number of nitrogens with two attached hydrogens (primary N) is 1. The van der Waals surface area contributed by atoms with Gasteiger partial charge in [-0.15, -0.1) is 6.58 Å². The minimum absolute atomic E-state index is 0.288. The minimum atomic E-state index is -0.288. The highest BCUT2D eigenvalue weighted by atomic mass is 35.5. The zero-order valence-corrected chi connectivity index (χ0v) is 8.21. The molecule has 13 heavy (non-hydrogen) atoms. The predicted molar refractivity (Wildman–Crippen MR) is 55.1 cm³/mol. The van der Waals surface area contributed by atoms with Crippen molar-refractivity contribution in [2.45, 2.75) is 6.04 Å². The second kappa shape index (κ2) is 4.30. The standard InChI is InChI=1S/C10H12ClNO/c1-3-8(12)10-7(11)5-4-6-9(10)13-2/h3-6,8H,1,12H2,2H3/t8-/m1/s1. The van der Waals surface area contributed by atoms with E-state index < -0.39 is 0 Å². The Kier molecular flexibility index (Phi) is 3.34. The highest BCUT2D eigenvalue weighted by Crippen LogP contribution is 2.31. The molecule has 0 aliphatic heterocycles. The van der Waals surface area contributed by atoms with Gasteiger partial charge in [0, 0.05) is 10.6 Å². The van der Waals surface area contributed by atoms with E-state index in [4.69, 9.17) is 22.1 Å². The van der Waals surface area contributed by atoms with E-state index in [0.717, 1.165) is 5.56 Å². The number of rotatable bonds is 3. The van der Waals surface area contributed by atoms with E-state index in [2.05, 4.69) is 6.58 Å². The van der Waals surface area contributed by atoms with E-state index in [0.29, 0.717) is 10.8 Å². The average Bonchev–Trinajstić information content (AvgIpc) is 2.16. The van der Waals surface area contributed by atoms with Gasteiger partial charge in [0.15, 0.2) is 0 Å². The molecule has 2 nitrogen and oxygen atoms in total. The van der Waals surface area contributed by atoms with Crippen LogP contribution in [0, 0.1) is 0 Å². The van der Waals surface area contributed by atoms with Gasteiger partial charge in [0.1, 0.15) is 5.75 Å². The van der Waals surface area contributed by atoms with Gasteiger partial charge in [-0.05, 0) is 12.1 Å². The summed E-state index contributed by atoms with van der Waals surface area (Å²) in [5.41, 5.74) is 6.57. The lowest BCUT2D eigenvalue weighted by Gasteiger charge is -2.13. The highest BCUT2D eigenvalue weighted by molar-refractivity contribution is 6.31. The van der Waals surface area contributed by atoms with Crippen LogP contribution in [0.25, 0.3) is 0 Å². The number of hydrogen-bond donors (Lipinski definition) is 1. The molecule has 0 amide bonds. The van der Waals surface area contributed by atoms with Crippen LogP contribution in [0.1, 0.15) is 11.6 Å². The Hall–Kier alpha value is -0.990. The topological polar surface area (TPSA) is 35.2 Å². The summed E-state index contributed by atoms with van der Waals surface area (Å²) in [4.78, 5) is 0. The van der Waals surface area contributed by atoms with Gasteiger partial charge in [-0.3, -0.25) is 0 Å². The summed E-state index contributed by atoms with van der Waals surface area (Å²) >= 11 is 5.97. The molecule has 1 aromatic carbocycles. The maximum atomic E-state index is 5.97. The van der Waals surface area contributed by atoms with Crippen LogP contribution in [-0.4, -0.2) is 7.11 Å². The van der Waals surface area contributed by atoms with Crippen LogP contribution in [0.2, 0.25) is 5.02 Å². The quantitative estimate of drug-likeness (QED) is 0.756. The van der Waals surface area contributed by atoms with Gasteiger partial charge in [0.05, 0.1) is 13.2 Å². The Labute approximate surface area is 83.0 Å². The molecule has 1 atom stereocenters. The van der Waals surface area contributed by atoms with E-state index in [1.165, 1.54) is 0 Å². The molecule has 0 aromatic heterocycles. The molecular formula is C10H12ClNO. The summed E-state index contributed by atoms with van der Waals surface area (Å²) in [6.45, 7) is 3.61. The van der Waals surface area contributed by atoms with Crippen LogP contribution >= 0.6 is 11.6 Å². The minimum Gasteiger partial charge on any atom is -0.496 e. The SMILES string of the molecule is C=C[C@@H](N)c1c(Cl)cccc1OC. The zero-order chi connectivity index (χ0) is 9.84. The second-order valence-electron chi connectivity index (χ2n) is 2.62. The molecular weight excluding hydrogens is 186 g/mol. The van der Waals surface area contributed by atoms with Crippen LogP contribution in [0.4, 0.5) is 0 Å². The lowest BCUT2D eigenvalue weighted by molar-refractivity contribution is 0.408. The summed E-state index contributed by atoms with van der Waals surface area (Å²) in [5.74, 6) is 0.694. The summed E-state index contributed by atoms with van der Waals surface area (Å²) in [5, 5.41) is 0.603. The zero-order valence-electron chi connectivity index (χ0n) is 7.46.